The molecule has 0 bridgehead atoms. The summed E-state index contributed by atoms with van der Waals surface area (Å²) in [6.07, 6.45) is 3.38. The number of nitrogens with one attached hydrogen (secondary N) is 1. The van der Waals surface area contributed by atoms with Gasteiger partial charge in [0.05, 0.1) is 16.6 Å². The largest absolute Gasteiger partial charge is 0.478 e. The number of imidazole rings is 1. The Morgan fingerprint density at radius 1 is 1.43 bits per heavy atom. The first-order valence-corrected chi connectivity index (χ1v) is 7.95. The molecule has 0 atom stereocenters. The summed E-state index contributed by atoms with van der Waals surface area (Å²) in [6.45, 7) is 0. The van der Waals surface area contributed by atoms with E-state index >= 15 is 0 Å². The lowest BCUT2D eigenvalue weighted by Gasteiger charge is -2.14. The summed E-state index contributed by atoms with van der Waals surface area (Å²) >= 11 is 0. The fourth-order valence-corrected chi connectivity index (χ4v) is 4.25. The van der Waals surface area contributed by atoms with Gasteiger partial charge in [-0.1, -0.05) is 0 Å². The Morgan fingerprint density at radius 2 is 2.14 bits per heavy atom. The lowest BCUT2D eigenvalue weighted by Crippen LogP contribution is -2.23. The highest BCUT2D eigenvalue weighted by Gasteiger charge is 2.40. The SMILES string of the molecule is O=CNc1nc2c(n1S(=O)(=O)C1CC1)CCC(C(=O)O)=C2. The van der Waals surface area contributed by atoms with Crippen LogP contribution in [-0.4, -0.2) is 40.1 Å². The molecule has 3 rings (SSSR count). The third kappa shape index (κ3) is 2.23. The smallest absolute Gasteiger partial charge is 0.331 e. The monoisotopic (exact) mass is 311 g/mol. The van der Waals surface area contributed by atoms with Crippen LogP contribution in [-0.2, 0) is 26.0 Å². The molecule has 9 heteroatoms. The number of carbonyl (C=O) groups is 2. The van der Waals surface area contributed by atoms with Crippen LogP contribution >= 0.6 is 0 Å². The van der Waals surface area contributed by atoms with E-state index in [9.17, 15) is 18.0 Å². The Morgan fingerprint density at radius 3 is 2.71 bits per heavy atom. The number of carboxylic acid groups (broad SMARTS) is 1. The first-order valence-electron chi connectivity index (χ1n) is 6.45. The molecule has 1 heterocycles. The number of hydrogen-bond donors (Lipinski definition) is 2. The van der Waals surface area contributed by atoms with Gasteiger partial charge in [-0.05, 0) is 31.8 Å². The maximum atomic E-state index is 12.5. The number of aliphatic carboxylic acids is 1. The van der Waals surface area contributed by atoms with Crippen LogP contribution in [0.15, 0.2) is 5.57 Å². The minimum absolute atomic E-state index is 0.0789. The average Bonchev–Trinajstić information content (AvgIpc) is 3.20. The number of rotatable bonds is 5. The van der Waals surface area contributed by atoms with E-state index < -0.39 is 21.2 Å². The highest BCUT2D eigenvalue weighted by molar-refractivity contribution is 7.91. The van der Waals surface area contributed by atoms with Crippen LogP contribution in [0.4, 0.5) is 5.95 Å². The van der Waals surface area contributed by atoms with Crippen molar-refractivity contribution in [3.05, 3.63) is 17.0 Å². The number of nitrogens with zero attached hydrogens (tertiary/aromatic N) is 2. The summed E-state index contributed by atoms with van der Waals surface area (Å²) in [6, 6.07) is 0. The van der Waals surface area contributed by atoms with Crippen LogP contribution in [0.1, 0.15) is 30.7 Å². The molecule has 1 aromatic heterocycles. The molecular weight excluding hydrogens is 298 g/mol. The normalized spacial score (nSPS) is 17.8. The van der Waals surface area contributed by atoms with E-state index in [0.29, 0.717) is 24.9 Å². The maximum absolute atomic E-state index is 12.5. The van der Waals surface area contributed by atoms with Crippen LogP contribution in [0.3, 0.4) is 0 Å². The van der Waals surface area contributed by atoms with Gasteiger partial charge in [0.15, 0.2) is 0 Å². The van der Waals surface area contributed by atoms with Crippen molar-refractivity contribution in [2.24, 2.45) is 0 Å². The molecule has 0 radical (unpaired) electrons. The summed E-state index contributed by atoms with van der Waals surface area (Å²) in [5.41, 5.74) is 0.886. The van der Waals surface area contributed by atoms with Crippen molar-refractivity contribution in [3.63, 3.8) is 0 Å². The van der Waals surface area contributed by atoms with Crippen molar-refractivity contribution >= 4 is 34.4 Å². The summed E-state index contributed by atoms with van der Waals surface area (Å²) in [5.74, 6) is -1.13. The van der Waals surface area contributed by atoms with Crippen LogP contribution in [0, 0.1) is 0 Å². The molecular formula is C12H13N3O5S. The van der Waals surface area contributed by atoms with Gasteiger partial charge in [0, 0.05) is 5.57 Å². The molecule has 8 nitrogen and oxygen atoms in total. The summed E-state index contributed by atoms with van der Waals surface area (Å²) in [4.78, 5) is 25.7. The lowest BCUT2D eigenvalue weighted by atomic mass is 10.0. The number of carbonyl (C=O) groups excluding carboxylic acids is 1. The Kier molecular flexibility index (Phi) is 3.08. The predicted molar refractivity (Wildman–Crippen MR) is 73.2 cm³/mol. The Hall–Kier alpha value is -2.16. The van der Waals surface area contributed by atoms with Gasteiger partial charge in [-0.2, -0.15) is 0 Å². The second-order valence-corrected chi connectivity index (χ2v) is 7.07. The van der Waals surface area contributed by atoms with Crippen LogP contribution < -0.4 is 5.32 Å². The number of amides is 1. The van der Waals surface area contributed by atoms with Gasteiger partial charge in [-0.15, -0.1) is 0 Å². The van der Waals surface area contributed by atoms with E-state index in [-0.39, 0.29) is 30.1 Å². The van der Waals surface area contributed by atoms with E-state index in [2.05, 4.69) is 10.3 Å². The number of fused-ring (bicyclic) bond motifs is 1. The molecule has 1 amide bonds. The van der Waals surface area contributed by atoms with Gasteiger partial charge in [0.1, 0.15) is 0 Å². The molecule has 0 saturated heterocycles. The number of hydrogen-bond acceptors (Lipinski definition) is 5. The van der Waals surface area contributed by atoms with Crippen LogP contribution in [0.25, 0.3) is 6.08 Å². The number of carboxylic acids is 1. The van der Waals surface area contributed by atoms with Gasteiger partial charge >= 0.3 is 5.97 Å². The minimum Gasteiger partial charge on any atom is -0.478 e. The lowest BCUT2D eigenvalue weighted by molar-refractivity contribution is -0.132. The zero-order valence-electron chi connectivity index (χ0n) is 10.9. The van der Waals surface area contributed by atoms with Crippen LogP contribution in [0.5, 0.6) is 0 Å². The third-order valence-corrected chi connectivity index (χ3v) is 5.78. The molecule has 1 saturated carbocycles. The average molecular weight is 311 g/mol. The fourth-order valence-electron chi connectivity index (χ4n) is 2.39. The molecule has 0 aromatic carbocycles. The highest BCUT2D eigenvalue weighted by atomic mass is 32.2. The van der Waals surface area contributed by atoms with E-state index in [1.807, 2.05) is 0 Å². The second kappa shape index (κ2) is 4.69. The van der Waals surface area contributed by atoms with Crippen molar-refractivity contribution < 1.29 is 23.1 Å². The van der Waals surface area contributed by atoms with Gasteiger partial charge in [0.25, 0.3) is 0 Å². The Bertz CT molecular complexity index is 758. The standard InChI is InChI=1S/C12H13N3O5S/c16-6-13-12-14-9-5-7(11(17)18)1-4-10(9)15(12)21(19,20)8-2-3-8/h5-6,8H,1-4H2,(H,17,18)(H,13,14,16). The van der Waals surface area contributed by atoms with Crippen LogP contribution in [0.2, 0.25) is 0 Å². The summed E-state index contributed by atoms with van der Waals surface area (Å²) in [5, 5.41) is 10.8. The zero-order chi connectivity index (χ0) is 15.2. The van der Waals surface area contributed by atoms with Crippen molar-refractivity contribution in [3.8, 4) is 0 Å². The summed E-state index contributed by atoms with van der Waals surface area (Å²) in [7, 11) is -3.60. The summed E-state index contributed by atoms with van der Waals surface area (Å²) < 4.78 is 26.0. The van der Waals surface area contributed by atoms with Crippen molar-refractivity contribution in [2.45, 2.75) is 30.9 Å². The number of anilines is 1. The van der Waals surface area contributed by atoms with Crippen molar-refractivity contribution in [2.75, 3.05) is 5.32 Å². The maximum Gasteiger partial charge on any atom is 0.331 e. The van der Waals surface area contributed by atoms with Gasteiger partial charge in [-0.3, -0.25) is 10.1 Å². The van der Waals surface area contributed by atoms with E-state index in [1.165, 1.54) is 6.08 Å². The topological polar surface area (TPSA) is 118 Å². The molecule has 21 heavy (non-hydrogen) atoms. The fraction of sp³-hybridized carbons (Fsp3) is 0.417. The highest BCUT2D eigenvalue weighted by Crippen LogP contribution is 2.35. The molecule has 2 N–H and O–H groups in total. The van der Waals surface area contributed by atoms with Crippen molar-refractivity contribution in [1.29, 1.82) is 0 Å². The van der Waals surface area contributed by atoms with Gasteiger partial charge in [0.2, 0.25) is 22.4 Å². The second-order valence-electron chi connectivity index (χ2n) is 5.01. The molecule has 0 aliphatic heterocycles. The third-order valence-electron chi connectivity index (χ3n) is 3.56. The van der Waals surface area contributed by atoms with E-state index in [1.54, 1.807) is 0 Å². The molecule has 1 fully saturated rings. The molecule has 0 unspecified atom stereocenters. The quantitative estimate of drug-likeness (QED) is 0.750. The zero-order valence-corrected chi connectivity index (χ0v) is 11.8. The minimum atomic E-state index is -3.60. The molecule has 2 aliphatic rings. The molecule has 112 valence electrons. The van der Waals surface area contributed by atoms with E-state index in [0.717, 1.165) is 3.97 Å². The molecule has 1 aromatic rings. The first-order chi connectivity index (χ1) is 9.95. The number of aromatic nitrogens is 2. The van der Waals surface area contributed by atoms with E-state index in [4.69, 9.17) is 5.11 Å². The molecule has 0 spiro atoms. The Labute approximate surface area is 120 Å². The predicted octanol–water partition coefficient (Wildman–Crippen LogP) is 0.206. The van der Waals surface area contributed by atoms with Crippen molar-refractivity contribution in [1.82, 2.24) is 8.96 Å². The van der Waals surface area contributed by atoms with Gasteiger partial charge < -0.3 is 5.11 Å². The van der Waals surface area contributed by atoms with Gasteiger partial charge in [-0.25, -0.2) is 22.2 Å². The first kappa shape index (κ1) is 13.8. The molecule has 2 aliphatic carbocycles. The Balaban J connectivity index is 2.16.